The van der Waals surface area contributed by atoms with Crippen LogP contribution >= 0.6 is 0 Å². The topological polar surface area (TPSA) is 63.1 Å². The van der Waals surface area contributed by atoms with Gasteiger partial charge in [0.05, 0.1) is 0 Å². The molecule has 3 aliphatic rings. The van der Waals surface area contributed by atoms with Crippen molar-refractivity contribution in [3.8, 4) is 11.5 Å². The van der Waals surface area contributed by atoms with Gasteiger partial charge in [-0.2, -0.15) is 5.10 Å². The second-order valence-corrected chi connectivity index (χ2v) is 8.65. The molecule has 1 aromatic heterocycles. The van der Waals surface area contributed by atoms with E-state index in [0.717, 1.165) is 63.7 Å². The smallest absolute Gasteiger partial charge is 0.231 e. The number of hydrogen-bond acceptors (Lipinski definition) is 6. The number of aryl methyl sites for hydroxylation is 1. The van der Waals surface area contributed by atoms with Gasteiger partial charge in [0, 0.05) is 77.2 Å². The first-order valence-electron chi connectivity index (χ1n) is 11.3. The molecule has 0 saturated carbocycles. The lowest BCUT2D eigenvalue weighted by Crippen LogP contribution is -2.55. The largest absolute Gasteiger partial charge is 0.454 e. The predicted molar refractivity (Wildman–Crippen MR) is 116 cm³/mol. The molecular formula is C23H31N5O3. The van der Waals surface area contributed by atoms with E-state index in [9.17, 15) is 4.79 Å². The van der Waals surface area contributed by atoms with E-state index in [4.69, 9.17) is 9.47 Å². The van der Waals surface area contributed by atoms with Crippen LogP contribution in [0.2, 0.25) is 0 Å². The zero-order valence-electron chi connectivity index (χ0n) is 18.0. The van der Waals surface area contributed by atoms with Gasteiger partial charge in [-0.1, -0.05) is 6.07 Å². The van der Waals surface area contributed by atoms with Crippen LogP contribution in [0.15, 0.2) is 36.7 Å². The van der Waals surface area contributed by atoms with Crippen molar-refractivity contribution in [1.29, 1.82) is 0 Å². The van der Waals surface area contributed by atoms with Crippen LogP contribution < -0.4 is 9.47 Å². The molecule has 3 aliphatic heterocycles. The number of piperazine rings is 1. The van der Waals surface area contributed by atoms with Crippen LogP contribution in [0, 0.1) is 0 Å². The van der Waals surface area contributed by atoms with Crippen molar-refractivity contribution in [2.75, 3.05) is 46.1 Å². The summed E-state index contributed by atoms with van der Waals surface area (Å²) < 4.78 is 12.7. The molecule has 0 N–H and O–H groups in total. The molecule has 0 radical (unpaired) electrons. The average Bonchev–Trinajstić information content (AvgIpc) is 3.50. The van der Waals surface area contributed by atoms with Gasteiger partial charge >= 0.3 is 0 Å². The van der Waals surface area contributed by atoms with E-state index in [2.05, 4.69) is 31.9 Å². The van der Waals surface area contributed by atoms with Gasteiger partial charge in [-0.05, 0) is 36.6 Å². The van der Waals surface area contributed by atoms with Crippen molar-refractivity contribution in [2.24, 2.45) is 0 Å². The van der Waals surface area contributed by atoms with Gasteiger partial charge in [0.25, 0.3) is 0 Å². The molecule has 5 rings (SSSR count). The van der Waals surface area contributed by atoms with Gasteiger partial charge in [-0.3, -0.25) is 19.3 Å². The molecular weight excluding hydrogens is 394 g/mol. The lowest BCUT2D eigenvalue weighted by Gasteiger charge is -2.43. The van der Waals surface area contributed by atoms with Gasteiger partial charge in [0.2, 0.25) is 12.7 Å². The summed E-state index contributed by atoms with van der Waals surface area (Å²) in [6, 6.07) is 8.62. The number of hydrogen-bond donors (Lipinski definition) is 0. The third kappa shape index (κ3) is 4.85. The Morgan fingerprint density at radius 2 is 1.97 bits per heavy atom. The van der Waals surface area contributed by atoms with Crippen molar-refractivity contribution in [1.82, 2.24) is 24.5 Å². The normalized spacial score (nSPS) is 22.1. The first-order valence-corrected chi connectivity index (χ1v) is 11.3. The number of rotatable bonds is 6. The van der Waals surface area contributed by atoms with Crippen LogP contribution in [-0.2, 0) is 17.9 Å². The number of carbonyl (C=O) groups is 1. The third-order valence-corrected chi connectivity index (χ3v) is 6.63. The summed E-state index contributed by atoms with van der Waals surface area (Å²) in [4.78, 5) is 19.9. The number of carbonyl (C=O) groups excluding carboxylic acids is 1. The molecule has 1 amide bonds. The van der Waals surface area contributed by atoms with E-state index < -0.39 is 0 Å². The van der Waals surface area contributed by atoms with Gasteiger partial charge in [0.15, 0.2) is 11.5 Å². The molecule has 8 nitrogen and oxygen atoms in total. The van der Waals surface area contributed by atoms with Gasteiger partial charge in [-0.25, -0.2) is 0 Å². The average molecular weight is 426 g/mol. The molecule has 0 aliphatic carbocycles. The second kappa shape index (κ2) is 9.28. The Balaban J connectivity index is 1.09. The number of aromatic nitrogens is 2. The molecule has 0 bridgehead atoms. The molecule has 2 fully saturated rings. The SMILES string of the molecule is O=C(CCn1cccn1)N1CCCC(N2CCN(Cc3ccc4c(c3)OCO4)CC2)C1. The van der Waals surface area contributed by atoms with Crippen LogP contribution in [0.1, 0.15) is 24.8 Å². The fourth-order valence-electron chi connectivity index (χ4n) is 4.86. The first kappa shape index (κ1) is 20.3. The molecule has 4 heterocycles. The molecule has 0 spiro atoms. The fourth-order valence-corrected chi connectivity index (χ4v) is 4.86. The zero-order valence-corrected chi connectivity index (χ0v) is 18.0. The van der Waals surface area contributed by atoms with E-state index in [0.29, 0.717) is 25.8 Å². The number of ether oxygens (including phenoxy) is 2. The maximum atomic E-state index is 12.7. The number of piperidine rings is 1. The van der Waals surface area contributed by atoms with Crippen molar-refractivity contribution in [3.05, 3.63) is 42.2 Å². The summed E-state index contributed by atoms with van der Waals surface area (Å²) in [5.74, 6) is 1.95. The number of benzene rings is 1. The number of nitrogens with zero attached hydrogens (tertiary/aromatic N) is 5. The lowest BCUT2D eigenvalue weighted by atomic mass is 10.0. The second-order valence-electron chi connectivity index (χ2n) is 8.65. The molecule has 166 valence electrons. The maximum absolute atomic E-state index is 12.7. The first-order chi connectivity index (χ1) is 15.2. The highest BCUT2D eigenvalue weighted by Gasteiger charge is 2.30. The molecule has 1 unspecified atom stereocenters. The van der Waals surface area contributed by atoms with E-state index >= 15 is 0 Å². The Kier molecular flexibility index (Phi) is 6.08. The van der Waals surface area contributed by atoms with Gasteiger partial charge in [0.1, 0.15) is 0 Å². The van der Waals surface area contributed by atoms with Crippen LogP contribution in [-0.4, -0.2) is 82.5 Å². The molecule has 31 heavy (non-hydrogen) atoms. The van der Waals surface area contributed by atoms with Crippen molar-refractivity contribution in [2.45, 2.75) is 38.4 Å². The van der Waals surface area contributed by atoms with Crippen LogP contribution in [0.25, 0.3) is 0 Å². The number of fused-ring (bicyclic) bond motifs is 1. The summed E-state index contributed by atoms with van der Waals surface area (Å²) in [6.45, 7) is 7.89. The van der Waals surface area contributed by atoms with Crippen LogP contribution in [0.5, 0.6) is 11.5 Å². The predicted octanol–water partition coefficient (Wildman–Crippen LogP) is 1.81. The fraction of sp³-hybridized carbons (Fsp3) is 0.565. The zero-order chi connectivity index (χ0) is 21.0. The summed E-state index contributed by atoms with van der Waals surface area (Å²) in [5.41, 5.74) is 1.27. The Bertz CT molecular complexity index is 879. The van der Waals surface area contributed by atoms with Crippen molar-refractivity contribution < 1.29 is 14.3 Å². The van der Waals surface area contributed by atoms with Crippen LogP contribution in [0.4, 0.5) is 0 Å². The highest BCUT2D eigenvalue weighted by molar-refractivity contribution is 5.76. The highest BCUT2D eigenvalue weighted by atomic mass is 16.7. The Morgan fingerprint density at radius 3 is 2.81 bits per heavy atom. The molecule has 1 aromatic carbocycles. The molecule has 1 atom stereocenters. The molecule has 8 heteroatoms. The van der Waals surface area contributed by atoms with E-state index in [1.165, 1.54) is 12.0 Å². The Morgan fingerprint density at radius 1 is 1.10 bits per heavy atom. The van der Waals surface area contributed by atoms with Crippen molar-refractivity contribution >= 4 is 5.91 Å². The number of amides is 1. The van der Waals surface area contributed by atoms with Gasteiger partial charge < -0.3 is 14.4 Å². The Labute approximate surface area is 183 Å². The summed E-state index contributed by atoms with van der Waals surface area (Å²) >= 11 is 0. The summed E-state index contributed by atoms with van der Waals surface area (Å²) in [6.07, 6.45) is 6.47. The molecule has 2 saturated heterocycles. The minimum atomic E-state index is 0.252. The van der Waals surface area contributed by atoms with Crippen LogP contribution in [0.3, 0.4) is 0 Å². The molecule has 2 aromatic rings. The monoisotopic (exact) mass is 425 g/mol. The summed E-state index contributed by atoms with van der Waals surface area (Å²) in [5, 5.41) is 4.20. The Hall–Kier alpha value is -2.58. The minimum absolute atomic E-state index is 0.252. The standard InChI is InChI=1S/C23H31N5O3/c29-23(6-10-28-9-2-7-24-28)27-8-1-3-20(17-27)26-13-11-25(12-14-26)16-19-4-5-21-22(15-19)31-18-30-21/h2,4-5,7,9,15,20H,1,3,6,8,10-14,16-18H2. The van der Waals surface area contributed by atoms with Gasteiger partial charge in [-0.15, -0.1) is 0 Å². The quantitative estimate of drug-likeness (QED) is 0.704. The summed E-state index contributed by atoms with van der Waals surface area (Å²) in [7, 11) is 0. The van der Waals surface area contributed by atoms with E-state index in [1.807, 2.05) is 23.0 Å². The highest BCUT2D eigenvalue weighted by Crippen LogP contribution is 2.33. The minimum Gasteiger partial charge on any atom is -0.454 e. The van der Waals surface area contributed by atoms with Crippen molar-refractivity contribution in [3.63, 3.8) is 0 Å². The van der Waals surface area contributed by atoms with E-state index in [-0.39, 0.29) is 5.91 Å². The number of likely N-dealkylation sites (tertiary alicyclic amines) is 1. The van der Waals surface area contributed by atoms with E-state index in [1.54, 1.807) is 6.20 Å². The third-order valence-electron chi connectivity index (χ3n) is 6.63. The lowest BCUT2D eigenvalue weighted by molar-refractivity contribution is -0.133. The maximum Gasteiger partial charge on any atom is 0.231 e.